The molecule has 0 rings (SSSR count). The fourth-order valence-electron chi connectivity index (χ4n) is 0.175. The molecule has 0 saturated heterocycles. The lowest BCUT2D eigenvalue weighted by molar-refractivity contribution is -0.164. The Balaban J connectivity index is 3.93. The van der Waals surface area contributed by atoms with Crippen molar-refractivity contribution in [2.75, 3.05) is 0 Å². The lowest BCUT2D eigenvalue weighted by Gasteiger charge is -2.06. The van der Waals surface area contributed by atoms with E-state index in [4.69, 9.17) is 20.0 Å². The summed E-state index contributed by atoms with van der Waals surface area (Å²) in [6.45, 7) is 0. The Morgan fingerprint density at radius 2 is 1.90 bits per heavy atom. The Hall–Kier alpha value is -0.460. The van der Waals surface area contributed by atoms with Gasteiger partial charge in [-0.1, -0.05) is 0 Å². The summed E-state index contributed by atoms with van der Waals surface area (Å²) in [6.07, 6.45) is -2.49. The zero-order valence-corrected chi connectivity index (χ0v) is 5.43. The van der Waals surface area contributed by atoms with Crippen molar-refractivity contribution in [3.05, 3.63) is 0 Å². The lowest BCUT2D eigenvalue weighted by atomic mass is 10.7. The third-order valence-electron chi connectivity index (χ3n) is 0.448. The monoisotopic (exact) mass is 172 g/mol. The van der Waals surface area contributed by atoms with Gasteiger partial charge in [0.15, 0.2) is 0 Å². The third kappa shape index (κ3) is 4.42. The number of phosphoric acid groups is 1. The molecule has 7 nitrogen and oxygen atoms in total. The standard InChI is InChI=1S/C2H5O7P/c3-1(4)2(5)9-10(6,7)8/h2,5H,(H,3,4)(H2,6,7,8). The fourth-order valence-corrected chi connectivity index (χ4v) is 0.525. The van der Waals surface area contributed by atoms with Gasteiger partial charge >= 0.3 is 13.8 Å². The summed E-state index contributed by atoms with van der Waals surface area (Å²) in [4.78, 5) is 25.5. The maximum Gasteiger partial charge on any atom is 0.472 e. The predicted octanol–water partition coefficient (Wildman–Crippen LogP) is -1.50. The molecule has 60 valence electrons. The van der Waals surface area contributed by atoms with Crippen LogP contribution in [0.1, 0.15) is 0 Å². The van der Waals surface area contributed by atoms with Gasteiger partial charge in [0.2, 0.25) is 0 Å². The van der Waals surface area contributed by atoms with Gasteiger partial charge < -0.3 is 20.0 Å². The SMILES string of the molecule is O=C(O)C(O)OP(=O)(O)O. The number of carbonyl (C=O) groups is 1. The van der Waals surface area contributed by atoms with Crippen LogP contribution in [-0.4, -0.2) is 32.3 Å². The summed E-state index contributed by atoms with van der Waals surface area (Å²) in [5.74, 6) is -1.86. The summed E-state index contributed by atoms with van der Waals surface area (Å²) in [5, 5.41) is 16.0. The molecule has 8 heteroatoms. The molecule has 0 saturated carbocycles. The Kier molecular flexibility index (Phi) is 2.95. The molecule has 0 heterocycles. The molecule has 0 amide bonds. The van der Waals surface area contributed by atoms with E-state index < -0.39 is 20.1 Å². The molecule has 10 heavy (non-hydrogen) atoms. The first-order valence-corrected chi connectivity index (χ1v) is 3.51. The van der Waals surface area contributed by atoms with Gasteiger partial charge in [0.1, 0.15) is 0 Å². The molecule has 0 aromatic rings. The van der Waals surface area contributed by atoms with E-state index in [1.165, 1.54) is 0 Å². The lowest BCUT2D eigenvalue weighted by Crippen LogP contribution is -2.21. The number of aliphatic hydroxyl groups excluding tert-OH is 1. The Morgan fingerprint density at radius 1 is 1.50 bits per heavy atom. The zero-order chi connectivity index (χ0) is 8.36. The second-order valence-electron chi connectivity index (χ2n) is 1.29. The average molecular weight is 172 g/mol. The largest absolute Gasteiger partial charge is 0.477 e. The minimum Gasteiger partial charge on any atom is -0.477 e. The number of carboxylic acid groups (broad SMARTS) is 1. The molecule has 0 bridgehead atoms. The van der Waals surface area contributed by atoms with E-state index >= 15 is 0 Å². The van der Waals surface area contributed by atoms with Crippen LogP contribution in [0.4, 0.5) is 0 Å². The Labute approximate surface area is 55.1 Å². The first-order valence-electron chi connectivity index (χ1n) is 1.98. The van der Waals surface area contributed by atoms with Crippen LogP contribution in [0.25, 0.3) is 0 Å². The Morgan fingerprint density at radius 3 is 2.00 bits per heavy atom. The molecular formula is C2H5O7P. The van der Waals surface area contributed by atoms with Crippen molar-refractivity contribution in [1.82, 2.24) is 0 Å². The normalized spacial score (nSPS) is 14.7. The number of aliphatic carboxylic acids is 1. The van der Waals surface area contributed by atoms with Crippen LogP contribution in [0, 0.1) is 0 Å². The zero-order valence-electron chi connectivity index (χ0n) is 4.54. The summed E-state index contributed by atoms with van der Waals surface area (Å²) in [6, 6.07) is 0. The van der Waals surface area contributed by atoms with Crippen LogP contribution >= 0.6 is 7.82 Å². The van der Waals surface area contributed by atoms with Gasteiger partial charge in [-0.25, -0.2) is 13.9 Å². The second kappa shape index (κ2) is 3.09. The highest BCUT2D eigenvalue weighted by atomic mass is 31.2. The van der Waals surface area contributed by atoms with Crippen molar-refractivity contribution < 1.29 is 33.9 Å². The van der Waals surface area contributed by atoms with Crippen molar-refractivity contribution in [3.63, 3.8) is 0 Å². The second-order valence-corrected chi connectivity index (χ2v) is 2.48. The van der Waals surface area contributed by atoms with E-state index in [-0.39, 0.29) is 0 Å². The van der Waals surface area contributed by atoms with Crippen molar-refractivity contribution in [2.45, 2.75) is 6.29 Å². The molecule has 0 fully saturated rings. The average Bonchev–Trinajstić information content (AvgIpc) is 1.60. The van der Waals surface area contributed by atoms with Crippen molar-refractivity contribution >= 4 is 13.8 Å². The van der Waals surface area contributed by atoms with Gasteiger partial charge in [0.25, 0.3) is 6.29 Å². The molecule has 4 N–H and O–H groups in total. The topological polar surface area (TPSA) is 124 Å². The highest BCUT2D eigenvalue weighted by Gasteiger charge is 2.25. The number of hydrogen-bond donors (Lipinski definition) is 4. The molecule has 1 atom stereocenters. The van der Waals surface area contributed by atoms with E-state index in [1.54, 1.807) is 0 Å². The third-order valence-corrected chi connectivity index (χ3v) is 0.923. The van der Waals surface area contributed by atoms with E-state index in [1.807, 2.05) is 0 Å². The summed E-state index contributed by atoms with van der Waals surface area (Å²) < 4.78 is 13.1. The number of phosphoric ester groups is 1. The van der Waals surface area contributed by atoms with Gasteiger partial charge in [-0.3, -0.25) is 0 Å². The summed E-state index contributed by atoms with van der Waals surface area (Å²) in [7, 11) is -4.91. The van der Waals surface area contributed by atoms with E-state index in [0.717, 1.165) is 0 Å². The number of hydrogen-bond acceptors (Lipinski definition) is 4. The molecule has 0 aromatic carbocycles. The number of aliphatic hydroxyl groups is 1. The van der Waals surface area contributed by atoms with Crippen LogP contribution in [-0.2, 0) is 13.9 Å². The smallest absolute Gasteiger partial charge is 0.472 e. The molecule has 0 spiro atoms. The molecule has 0 aromatic heterocycles. The molecular weight excluding hydrogens is 167 g/mol. The number of rotatable bonds is 3. The van der Waals surface area contributed by atoms with Gasteiger partial charge in [0, 0.05) is 0 Å². The van der Waals surface area contributed by atoms with Crippen LogP contribution in [0.2, 0.25) is 0 Å². The van der Waals surface area contributed by atoms with Crippen molar-refractivity contribution in [3.8, 4) is 0 Å². The van der Waals surface area contributed by atoms with Crippen LogP contribution in [0.15, 0.2) is 0 Å². The predicted molar refractivity (Wildman–Crippen MR) is 26.8 cm³/mol. The Bertz CT molecular complexity index is 168. The number of carboxylic acids is 1. The molecule has 0 radical (unpaired) electrons. The van der Waals surface area contributed by atoms with E-state index in [0.29, 0.717) is 0 Å². The maximum atomic E-state index is 9.80. The van der Waals surface area contributed by atoms with Gasteiger partial charge in [-0.2, -0.15) is 0 Å². The molecule has 1 unspecified atom stereocenters. The minimum absolute atomic E-state index is 1.86. The molecule has 0 aliphatic carbocycles. The van der Waals surface area contributed by atoms with Crippen LogP contribution in [0.3, 0.4) is 0 Å². The first kappa shape index (κ1) is 9.54. The summed E-state index contributed by atoms with van der Waals surface area (Å²) >= 11 is 0. The molecule has 0 aliphatic rings. The van der Waals surface area contributed by atoms with E-state index in [2.05, 4.69) is 4.52 Å². The summed E-state index contributed by atoms with van der Waals surface area (Å²) in [5.41, 5.74) is 0. The highest BCUT2D eigenvalue weighted by molar-refractivity contribution is 7.46. The minimum atomic E-state index is -4.91. The van der Waals surface area contributed by atoms with Crippen molar-refractivity contribution in [1.29, 1.82) is 0 Å². The quantitative estimate of drug-likeness (QED) is 0.301. The van der Waals surface area contributed by atoms with E-state index in [9.17, 15) is 9.36 Å². The first-order chi connectivity index (χ1) is 4.33. The van der Waals surface area contributed by atoms with Gasteiger partial charge in [-0.15, -0.1) is 0 Å². The molecule has 0 aliphatic heterocycles. The van der Waals surface area contributed by atoms with Crippen LogP contribution in [0.5, 0.6) is 0 Å². The highest BCUT2D eigenvalue weighted by Crippen LogP contribution is 2.36. The fraction of sp³-hybridized carbons (Fsp3) is 0.500. The van der Waals surface area contributed by atoms with Crippen molar-refractivity contribution in [2.24, 2.45) is 0 Å². The maximum absolute atomic E-state index is 9.80. The van der Waals surface area contributed by atoms with Crippen LogP contribution < -0.4 is 0 Å². The van der Waals surface area contributed by atoms with Gasteiger partial charge in [-0.05, 0) is 0 Å². The van der Waals surface area contributed by atoms with Gasteiger partial charge in [0.05, 0.1) is 0 Å².